The zero-order valence-electron chi connectivity index (χ0n) is 9.21. The number of aliphatic carboxylic acids is 1. The van der Waals surface area contributed by atoms with Crippen LogP contribution in [0.1, 0.15) is 0 Å². The van der Waals surface area contributed by atoms with Gasteiger partial charge in [0.25, 0.3) is 5.56 Å². The number of halogens is 1. The molecule has 5 nitrogen and oxygen atoms in total. The van der Waals surface area contributed by atoms with E-state index in [-0.39, 0.29) is 11.3 Å². The monoisotopic (exact) mass is 248 g/mol. The molecule has 0 amide bonds. The van der Waals surface area contributed by atoms with Gasteiger partial charge in [0.2, 0.25) is 0 Å². The summed E-state index contributed by atoms with van der Waals surface area (Å²) in [6.45, 7) is -0.469. The first-order chi connectivity index (χ1) is 8.58. The third-order valence-corrected chi connectivity index (χ3v) is 2.33. The molecule has 0 atom stereocenters. The fourth-order valence-corrected chi connectivity index (χ4v) is 1.51. The number of rotatable bonds is 3. The maximum absolute atomic E-state index is 13.5. The van der Waals surface area contributed by atoms with Gasteiger partial charge in [0.1, 0.15) is 12.4 Å². The summed E-state index contributed by atoms with van der Waals surface area (Å²) in [5.74, 6) is -1.63. The maximum atomic E-state index is 13.5. The van der Waals surface area contributed by atoms with Crippen molar-refractivity contribution < 1.29 is 14.3 Å². The Balaban J connectivity index is 2.44. The molecule has 1 aromatic heterocycles. The Morgan fingerprint density at radius 2 is 2.11 bits per heavy atom. The molecule has 2 aromatic rings. The Bertz CT molecular complexity index is 652. The van der Waals surface area contributed by atoms with Crippen LogP contribution in [0.25, 0.3) is 11.3 Å². The minimum absolute atomic E-state index is 0.180. The Hall–Kier alpha value is -2.50. The van der Waals surface area contributed by atoms with Crippen LogP contribution in [-0.2, 0) is 11.3 Å². The molecule has 0 saturated carbocycles. The predicted octanol–water partition coefficient (Wildman–Crippen LogP) is 1.13. The topological polar surface area (TPSA) is 72.2 Å². The third kappa shape index (κ3) is 2.42. The molecule has 0 aliphatic rings. The SMILES string of the molecule is O=C(O)Cn1cnc(-c2ccccc2F)cc1=O. The molecule has 6 heteroatoms. The standard InChI is InChI=1S/C12H9FN2O3/c13-9-4-2-1-3-8(9)10-5-11(16)15(7-14-10)6-12(17)18/h1-5,7H,6H2,(H,17,18). The van der Waals surface area contributed by atoms with Crippen LogP contribution < -0.4 is 5.56 Å². The lowest BCUT2D eigenvalue weighted by Gasteiger charge is -2.04. The van der Waals surface area contributed by atoms with Crippen molar-refractivity contribution in [2.75, 3.05) is 0 Å². The Labute approximate surface area is 101 Å². The molecular formula is C12H9FN2O3. The molecular weight excluding hydrogens is 239 g/mol. The van der Waals surface area contributed by atoms with Gasteiger partial charge in [0.05, 0.1) is 12.0 Å². The van der Waals surface area contributed by atoms with Crippen molar-refractivity contribution in [3.8, 4) is 11.3 Å². The van der Waals surface area contributed by atoms with Crippen LogP contribution in [0.15, 0.2) is 41.5 Å². The normalized spacial score (nSPS) is 10.3. The molecule has 1 aromatic carbocycles. The molecule has 0 bridgehead atoms. The first-order valence-corrected chi connectivity index (χ1v) is 5.11. The number of hydrogen-bond acceptors (Lipinski definition) is 3. The number of carboxylic acid groups (broad SMARTS) is 1. The molecule has 1 heterocycles. The number of carbonyl (C=O) groups is 1. The first-order valence-electron chi connectivity index (χ1n) is 5.11. The largest absolute Gasteiger partial charge is 0.480 e. The first kappa shape index (κ1) is 12.0. The highest BCUT2D eigenvalue weighted by molar-refractivity contribution is 5.66. The van der Waals surface area contributed by atoms with Crippen LogP contribution in [-0.4, -0.2) is 20.6 Å². The summed E-state index contributed by atoms with van der Waals surface area (Å²) in [6, 6.07) is 7.03. The van der Waals surface area contributed by atoms with Crippen molar-refractivity contribution >= 4 is 5.97 Å². The highest BCUT2D eigenvalue weighted by Gasteiger charge is 2.08. The molecule has 0 spiro atoms. The van der Waals surface area contributed by atoms with Crippen molar-refractivity contribution in [1.82, 2.24) is 9.55 Å². The van der Waals surface area contributed by atoms with Crippen LogP contribution >= 0.6 is 0 Å². The second-order valence-electron chi connectivity index (χ2n) is 3.61. The Morgan fingerprint density at radius 3 is 2.72 bits per heavy atom. The van der Waals surface area contributed by atoms with Crippen LogP contribution in [0, 0.1) is 5.82 Å². The summed E-state index contributed by atoms with van der Waals surface area (Å²) in [6.07, 6.45) is 1.10. The maximum Gasteiger partial charge on any atom is 0.323 e. The summed E-state index contributed by atoms with van der Waals surface area (Å²) >= 11 is 0. The van der Waals surface area contributed by atoms with E-state index in [0.29, 0.717) is 0 Å². The van der Waals surface area contributed by atoms with E-state index in [4.69, 9.17) is 5.11 Å². The molecule has 0 fully saturated rings. The fourth-order valence-electron chi connectivity index (χ4n) is 1.51. The van der Waals surface area contributed by atoms with Crippen molar-refractivity contribution in [2.24, 2.45) is 0 Å². The van der Waals surface area contributed by atoms with E-state index in [1.165, 1.54) is 18.2 Å². The van der Waals surface area contributed by atoms with Crippen molar-refractivity contribution in [3.63, 3.8) is 0 Å². The van der Waals surface area contributed by atoms with E-state index in [1.54, 1.807) is 6.07 Å². The van der Waals surface area contributed by atoms with Crippen molar-refractivity contribution in [3.05, 3.63) is 52.8 Å². The van der Waals surface area contributed by atoms with E-state index >= 15 is 0 Å². The average Bonchev–Trinajstić information content (AvgIpc) is 2.32. The van der Waals surface area contributed by atoms with Gasteiger partial charge in [-0.15, -0.1) is 0 Å². The van der Waals surface area contributed by atoms with Crippen LogP contribution in [0.2, 0.25) is 0 Å². The minimum atomic E-state index is -1.14. The van der Waals surface area contributed by atoms with E-state index < -0.39 is 23.9 Å². The van der Waals surface area contributed by atoms with Crippen LogP contribution in [0.4, 0.5) is 4.39 Å². The minimum Gasteiger partial charge on any atom is -0.480 e. The van der Waals surface area contributed by atoms with E-state index in [1.807, 2.05) is 0 Å². The molecule has 18 heavy (non-hydrogen) atoms. The number of carboxylic acids is 1. The van der Waals surface area contributed by atoms with Gasteiger partial charge in [-0.05, 0) is 12.1 Å². The van der Waals surface area contributed by atoms with Gasteiger partial charge < -0.3 is 5.11 Å². The Kier molecular flexibility index (Phi) is 3.18. The fraction of sp³-hybridized carbons (Fsp3) is 0.0833. The van der Waals surface area contributed by atoms with Gasteiger partial charge in [-0.25, -0.2) is 9.37 Å². The summed E-state index contributed by atoms with van der Waals surface area (Å²) in [5, 5.41) is 8.57. The smallest absolute Gasteiger partial charge is 0.323 e. The highest BCUT2D eigenvalue weighted by atomic mass is 19.1. The third-order valence-electron chi connectivity index (χ3n) is 2.33. The van der Waals surface area contributed by atoms with Crippen molar-refractivity contribution in [2.45, 2.75) is 6.54 Å². The molecule has 92 valence electrons. The molecule has 0 aliphatic heterocycles. The van der Waals surface area contributed by atoms with E-state index in [0.717, 1.165) is 17.0 Å². The second kappa shape index (κ2) is 4.79. The van der Waals surface area contributed by atoms with E-state index in [9.17, 15) is 14.0 Å². The lowest BCUT2D eigenvalue weighted by molar-refractivity contribution is -0.137. The zero-order chi connectivity index (χ0) is 13.1. The average molecular weight is 248 g/mol. The van der Waals surface area contributed by atoms with Gasteiger partial charge >= 0.3 is 5.97 Å². The molecule has 1 N–H and O–H groups in total. The van der Waals surface area contributed by atoms with Gasteiger partial charge in [-0.1, -0.05) is 12.1 Å². The zero-order valence-corrected chi connectivity index (χ0v) is 9.21. The number of hydrogen-bond donors (Lipinski definition) is 1. The quantitative estimate of drug-likeness (QED) is 0.883. The van der Waals surface area contributed by atoms with Crippen molar-refractivity contribution in [1.29, 1.82) is 0 Å². The number of benzene rings is 1. The molecule has 0 unspecified atom stereocenters. The predicted molar refractivity (Wildman–Crippen MR) is 61.5 cm³/mol. The molecule has 0 radical (unpaired) electrons. The van der Waals surface area contributed by atoms with Gasteiger partial charge in [0, 0.05) is 11.6 Å². The number of aromatic nitrogens is 2. The van der Waals surface area contributed by atoms with Gasteiger partial charge in [-0.3, -0.25) is 14.2 Å². The van der Waals surface area contributed by atoms with Gasteiger partial charge in [-0.2, -0.15) is 0 Å². The lowest BCUT2D eigenvalue weighted by Crippen LogP contribution is -2.23. The molecule has 0 aliphatic carbocycles. The molecule has 0 saturated heterocycles. The Morgan fingerprint density at radius 1 is 1.39 bits per heavy atom. The van der Waals surface area contributed by atoms with Crippen LogP contribution in [0.5, 0.6) is 0 Å². The second-order valence-corrected chi connectivity index (χ2v) is 3.61. The number of nitrogens with zero attached hydrogens (tertiary/aromatic N) is 2. The lowest BCUT2D eigenvalue weighted by atomic mass is 10.1. The molecule has 2 rings (SSSR count). The summed E-state index contributed by atoms with van der Waals surface area (Å²) in [7, 11) is 0. The van der Waals surface area contributed by atoms with Gasteiger partial charge in [0.15, 0.2) is 0 Å². The summed E-state index contributed by atoms with van der Waals surface area (Å²) in [4.78, 5) is 26.0. The highest BCUT2D eigenvalue weighted by Crippen LogP contribution is 2.18. The van der Waals surface area contributed by atoms with E-state index in [2.05, 4.69) is 4.98 Å². The summed E-state index contributed by atoms with van der Waals surface area (Å²) in [5.41, 5.74) is -0.150. The summed E-state index contributed by atoms with van der Waals surface area (Å²) < 4.78 is 14.4. The van der Waals surface area contributed by atoms with Crippen LogP contribution in [0.3, 0.4) is 0 Å².